The Morgan fingerprint density at radius 1 is 1.35 bits per heavy atom. The Balaban J connectivity index is 2.36. The molecule has 20 heavy (non-hydrogen) atoms. The molecule has 2 rings (SSSR count). The molecule has 0 spiro atoms. The molecule has 0 radical (unpaired) electrons. The first-order valence-corrected chi connectivity index (χ1v) is 6.30. The van der Waals surface area contributed by atoms with E-state index in [1.807, 2.05) is 4.90 Å². The summed E-state index contributed by atoms with van der Waals surface area (Å²) < 4.78 is 0. The third-order valence-corrected chi connectivity index (χ3v) is 3.44. The molecule has 1 aromatic carbocycles. The van der Waals surface area contributed by atoms with Crippen LogP contribution in [0, 0.1) is 10.1 Å². The van der Waals surface area contributed by atoms with Gasteiger partial charge in [-0.05, 0) is 11.6 Å². The first kappa shape index (κ1) is 14.5. The largest absolute Gasteiger partial charge is 0.504 e. The minimum atomic E-state index is -0.759. The van der Waals surface area contributed by atoms with Crippen molar-refractivity contribution in [3.05, 3.63) is 27.8 Å². The van der Waals surface area contributed by atoms with E-state index in [-0.39, 0.29) is 6.61 Å². The van der Waals surface area contributed by atoms with Gasteiger partial charge in [-0.2, -0.15) is 0 Å². The van der Waals surface area contributed by atoms with Crippen LogP contribution in [0.25, 0.3) is 0 Å². The molecule has 1 aliphatic heterocycles. The maximum atomic E-state index is 10.9. The van der Waals surface area contributed by atoms with E-state index in [1.54, 1.807) is 0 Å². The van der Waals surface area contributed by atoms with Crippen molar-refractivity contribution in [2.24, 2.45) is 0 Å². The predicted octanol–water partition coefficient (Wildman–Crippen LogP) is -0.0554. The number of nitro benzene ring substituents is 1. The van der Waals surface area contributed by atoms with E-state index >= 15 is 0 Å². The third kappa shape index (κ3) is 2.82. The van der Waals surface area contributed by atoms with Crippen LogP contribution in [0.4, 0.5) is 5.69 Å². The van der Waals surface area contributed by atoms with Crippen molar-refractivity contribution in [3.63, 3.8) is 0 Å². The van der Waals surface area contributed by atoms with Crippen LogP contribution in [-0.2, 0) is 0 Å². The molecule has 1 atom stereocenters. The quantitative estimate of drug-likeness (QED) is 0.347. The molecule has 4 N–H and O–H groups in total. The Morgan fingerprint density at radius 3 is 2.55 bits per heavy atom. The van der Waals surface area contributed by atoms with Gasteiger partial charge in [0, 0.05) is 32.2 Å². The summed E-state index contributed by atoms with van der Waals surface area (Å²) in [6.07, 6.45) is 0. The van der Waals surface area contributed by atoms with Gasteiger partial charge >= 0.3 is 5.69 Å². The van der Waals surface area contributed by atoms with Gasteiger partial charge in [0.25, 0.3) is 0 Å². The van der Waals surface area contributed by atoms with E-state index in [0.717, 1.165) is 13.1 Å². The Labute approximate surface area is 115 Å². The highest BCUT2D eigenvalue weighted by molar-refractivity contribution is 5.57. The molecule has 0 saturated carbocycles. The van der Waals surface area contributed by atoms with E-state index < -0.39 is 28.2 Å². The number of aliphatic hydroxyl groups is 1. The predicted molar refractivity (Wildman–Crippen MR) is 70.7 cm³/mol. The summed E-state index contributed by atoms with van der Waals surface area (Å²) in [6, 6.07) is 2.01. The number of phenols is 2. The molecule has 110 valence electrons. The van der Waals surface area contributed by atoms with Crippen molar-refractivity contribution >= 4 is 5.69 Å². The number of rotatable bonds is 4. The highest BCUT2D eigenvalue weighted by Gasteiger charge is 2.26. The fourth-order valence-electron chi connectivity index (χ4n) is 2.38. The molecule has 0 amide bonds. The summed E-state index contributed by atoms with van der Waals surface area (Å²) >= 11 is 0. The van der Waals surface area contributed by atoms with Crippen molar-refractivity contribution in [3.8, 4) is 11.5 Å². The fourth-order valence-corrected chi connectivity index (χ4v) is 2.38. The van der Waals surface area contributed by atoms with Crippen LogP contribution in [0.15, 0.2) is 12.1 Å². The molecule has 0 unspecified atom stereocenters. The minimum absolute atomic E-state index is 0.221. The van der Waals surface area contributed by atoms with Gasteiger partial charge in [-0.1, -0.05) is 0 Å². The highest BCUT2D eigenvalue weighted by atomic mass is 16.6. The van der Waals surface area contributed by atoms with Gasteiger partial charge < -0.3 is 20.6 Å². The summed E-state index contributed by atoms with van der Waals surface area (Å²) in [4.78, 5) is 12.1. The van der Waals surface area contributed by atoms with Crippen molar-refractivity contribution in [2.45, 2.75) is 6.04 Å². The van der Waals surface area contributed by atoms with E-state index in [2.05, 4.69) is 5.32 Å². The van der Waals surface area contributed by atoms with Gasteiger partial charge in [-0.15, -0.1) is 0 Å². The van der Waals surface area contributed by atoms with Gasteiger partial charge in [0.15, 0.2) is 5.75 Å². The molecule has 0 bridgehead atoms. The zero-order valence-corrected chi connectivity index (χ0v) is 10.8. The lowest BCUT2D eigenvalue weighted by atomic mass is 10.0. The highest BCUT2D eigenvalue weighted by Crippen LogP contribution is 2.38. The molecule has 1 heterocycles. The molecule has 0 aromatic heterocycles. The van der Waals surface area contributed by atoms with Crippen LogP contribution >= 0.6 is 0 Å². The summed E-state index contributed by atoms with van der Waals surface area (Å²) in [7, 11) is 0. The average molecular weight is 283 g/mol. The van der Waals surface area contributed by atoms with Crippen molar-refractivity contribution in [1.29, 1.82) is 0 Å². The topological polar surface area (TPSA) is 119 Å². The van der Waals surface area contributed by atoms with Crippen molar-refractivity contribution < 1.29 is 20.2 Å². The molecule has 8 heteroatoms. The number of hydrogen-bond acceptors (Lipinski definition) is 7. The first-order chi connectivity index (χ1) is 9.54. The number of benzene rings is 1. The Bertz CT molecular complexity index is 502. The normalized spacial score (nSPS) is 17.9. The Kier molecular flexibility index (Phi) is 4.38. The van der Waals surface area contributed by atoms with Crippen LogP contribution in [-0.4, -0.2) is 57.9 Å². The number of aromatic hydroxyl groups is 2. The fraction of sp³-hybridized carbons (Fsp3) is 0.500. The van der Waals surface area contributed by atoms with Crippen LogP contribution in [0.5, 0.6) is 11.5 Å². The third-order valence-electron chi connectivity index (χ3n) is 3.44. The van der Waals surface area contributed by atoms with Crippen LogP contribution in [0.2, 0.25) is 0 Å². The van der Waals surface area contributed by atoms with Gasteiger partial charge in [0.05, 0.1) is 17.6 Å². The maximum Gasteiger partial charge on any atom is 0.314 e. The number of nitrogens with one attached hydrogen (secondary N) is 1. The second kappa shape index (κ2) is 6.04. The van der Waals surface area contributed by atoms with Gasteiger partial charge in [0.1, 0.15) is 0 Å². The summed E-state index contributed by atoms with van der Waals surface area (Å²) in [5.74, 6) is -1.31. The van der Waals surface area contributed by atoms with Gasteiger partial charge in [0.2, 0.25) is 5.75 Å². The average Bonchev–Trinajstić information content (AvgIpc) is 2.44. The number of nitro groups is 1. The van der Waals surface area contributed by atoms with Gasteiger partial charge in [-0.3, -0.25) is 15.0 Å². The lowest BCUT2D eigenvalue weighted by Gasteiger charge is -2.34. The Morgan fingerprint density at radius 2 is 2.00 bits per heavy atom. The van der Waals surface area contributed by atoms with Crippen LogP contribution in [0.1, 0.15) is 11.6 Å². The summed E-state index contributed by atoms with van der Waals surface area (Å²) in [5.41, 5.74) is -0.148. The number of piperazine rings is 1. The monoisotopic (exact) mass is 283 g/mol. The molecular formula is C12H17N3O5. The smallest absolute Gasteiger partial charge is 0.314 e. The number of phenolic OH excluding ortho intramolecular Hbond substituents is 2. The maximum absolute atomic E-state index is 10.9. The van der Waals surface area contributed by atoms with Crippen LogP contribution in [0.3, 0.4) is 0 Å². The van der Waals surface area contributed by atoms with E-state index in [0.29, 0.717) is 18.7 Å². The van der Waals surface area contributed by atoms with E-state index in [9.17, 15) is 25.4 Å². The van der Waals surface area contributed by atoms with Crippen molar-refractivity contribution in [2.75, 3.05) is 32.8 Å². The molecule has 1 saturated heterocycles. The number of nitrogens with zero attached hydrogens (tertiary/aromatic N) is 2. The second-order valence-electron chi connectivity index (χ2n) is 4.65. The number of aliphatic hydroxyl groups excluding tert-OH is 1. The lowest BCUT2D eigenvalue weighted by Crippen LogP contribution is -2.46. The Hall–Kier alpha value is -1.90. The van der Waals surface area contributed by atoms with Crippen molar-refractivity contribution in [1.82, 2.24) is 10.2 Å². The first-order valence-electron chi connectivity index (χ1n) is 6.30. The molecular weight excluding hydrogens is 266 g/mol. The standard InChI is InChI=1S/C12H17N3O5/c16-7-10(14-3-1-13-2-4-14)8-5-9(15(19)20)12(18)11(17)6-8/h5-6,10,13,16-18H,1-4,7H2/t10-/m0/s1. The summed E-state index contributed by atoms with van der Waals surface area (Å²) in [6.45, 7) is 2.70. The van der Waals surface area contributed by atoms with E-state index in [1.165, 1.54) is 12.1 Å². The lowest BCUT2D eigenvalue weighted by molar-refractivity contribution is -0.386. The SMILES string of the molecule is O=[N+]([O-])c1cc([C@H](CO)N2CCNCC2)cc(O)c1O. The molecule has 1 aromatic rings. The molecule has 0 aliphatic carbocycles. The van der Waals surface area contributed by atoms with Gasteiger partial charge in [-0.25, -0.2) is 0 Å². The zero-order chi connectivity index (χ0) is 14.7. The number of hydrogen-bond donors (Lipinski definition) is 4. The zero-order valence-electron chi connectivity index (χ0n) is 10.8. The second-order valence-corrected chi connectivity index (χ2v) is 4.65. The molecule has 1 aliphatic rings. The molecule has 1 fully saturated rings. The van der Waals surface area contributed by atoms with Crippen LogP contribution < -0.4 is 5.32 Å². The summed E-state index contributed by atoms with van der Waals surface area (Å²) in [5, 5.41) is 42.7. The molecule has 8 nitrogen and oxygen atoms in total. The minimum Gasteiger partial charge on any atom is -0.504 e. The van der Waals surface area contributed by atoms with E-state index in [4.69, 9.17) is 0 Å².